The fourth-order valence-electron chi connectivity index (χ4n) is 2.97. The molecule has 1 aromatic carbocycles. The minimum atomic E-state index is -4.13. The monoisotopic (exact) mass is 466 g/mol. The second-order valence-corrected chi connectivity index (χ2v) is 10.9. The van der Waals surface area contributed by atoms with Crippen LogP contribution in [-0.2, 0) is 22.2 Å². The van der Waals surface area contributed by atoms with Gasteiger partial charge in [-0.2, -0.15) is 5.10 Å². The van der Waals surface area contributed by atoms with Gasteiger partial charge in [-0.3, -0.25) is 0 Å². The molecular formula is C22H28F2N4O3S. The minimum Gasteiger partial charge on any atom is -0.382 e. The van der Waals surface area contributed by atoms with Crippen LogP contribution in [0.3, 0.4) is 0 Å². The SMILES string of the molecule is C[C@H]([C@](O)(Cn1cncn1)c1ccc(F)cc1F)S(=O)(=O)N(C)C/C=C\C#CC(C)(C)C. The zero-order chi connectivity index (χ0) is 24.2. The average molecular weight is 467 g/mol. The van der Waals surface area contributed by atoms with Crippen molar-refractivity contribution in [2.75, 3.05) is 13.6 Å². The first-order valence-electron chi connectivity index (χ1n) is 9.90. The normalized spacial score (nSPS) is 15.4. The van der Waals surface area contributed by atoms with Crippen molar-refractivity contribution in [3.05, 3.63) is 60.2 Å². The highest BCUT2D eigenvalue weighted by atomic mass is 32.2. The molecule has 1 heterocycles. The molecule has 0 aliphatic rings. The first-order chi connectivity index (χ1) is 14.8. The largest absolute Gasteiger partial charge is 0.382 e. The Morgan fingerprint density at radius 1 is 1.31 bits per heavy atom. The van der Waals surface area contributed by atoms with Crippen LogP contribution in [0.5, 0.6) is 0 Å². The molecule has 1 N–H and O–H groups in total. The van der Waals surface area contributed by atoms with E-state index >= 15 is 0 Å². The van der Waals surface area contributed by atoms with E-state index in [1.54, 1.807) is 12.2 Å². The molecule has 7 nitrogen and oxygen atoms in total. The van der Waals surface area contributed by atoms with Crippen LogP contribution >= 0.6 is 0 Å². The summed E-state index contributed by atoms with van der Waals surface area (Å²) >= 11 is 0. The van der Waals surface area contributed by atoms with Gasteiger partial charge in [0.25, 0.3) is 0 Å². The van der Waals surface area contributed by atoms with Gasteiger partial charge in [-0.1, -0.05) is 24.0 Å². The Morgan fingerprint density at radius 2 is 2.00 bits per heavy atom. The Morgan fingerprint density at radius 3 is 2.56 bits per heavy atom. The van der Waals surface area contributed by atoms with Crippen LogP contribution in [0.2, 0.25) is 0 Å². The van der Waals surface area contributed by atoms with Crippen LogP contribution in [0.1, 0.15) is 33.3 Å². The van der Waals surface area contributed by atoms with E-state index in [0.717, 1.165) is 16.4 Å². The average Bonchev–Trinajstić information content (AvgIpc) is 3.18. The number of hydrogen-bond donors (Lipinski definition) is 1. The van der Waals surface area contributed by atoms with Crippen molar-refractivity contribution >= 4 is 10.0 Å². The summed E-state index contributed by atoms with van der Waals surface area (Å²) in [4.78, 5) is 3.77. The Bertz CT molecular complexity index is 1120. The number of likely N-dealkylation sites (N-methyl/N-ethyl adjacent to an activating group) is 1. The molecule has 0 radical (unpaired) electrons. The maximum Gasteiger partial charge on any atom is 0.220 e. The van der Waals surface area contributed by atoms with E-state index in [1.165, 1.54) is 31.3 Å². The van der Waals surface area contributed by atoms with Gasteiger partial charge in [0.05, 0.1) is 6.54 Å². The third-order valence-electron chi connectivity index (χ3n) is 4.83. The van der Waals surface area contributed by atoms with Crippen molar-refractivity contribution in [2.24, 2.45) is 5.41 Å². The van der Waals surface area contributed by atoms with E-state index in [2.05, 4.69) is 21.9 Å². The summed E-state index contributed by atoms with van der Waals surface area (Å²) in [5.41, 5.74) is -2.80. The number of rotatable bonds is 8. The summed E-state index contributed by atoms with van der Waals surface area (Å²) in [6.45, 7) is 6.73. The lowest BCUT2D eigenvalue weighted by molar-refractivity contribution is 0.00984. The van der Waals surface area contributed by atoms with E-state index in [9.17, 15) is 22.3 Å². The highest BCUT2D eigenvalue weighted by molar-refractivity contribution is 7.89. The molecular weight excluding hydrogens is 438 g/mol. The van der Waals surface area contributed by atoms with Crippen molar-refractivity contribution < 1.29 is 22.3 Å². The van der Waals surface area contributed by atoms with Gasteiger partial charge < -0.3 is 5.11 Å². The van der Waals surface area contributed by atoms with Gasteiger partial charge in [0.2, 0.25) is 10.0 Å². The standard InChI is InChI=1S/C22H28F2N4O3S/c1-17(32(30,31)27(5)12-8-6-7-11-21(2,3)4)22(29,14-28-16-25-15-26-28)19-10-9-18(23)13-20(19)24/h6,8-10,13,15-17,29H,12,14H2,1-5H3/b8-6-/t17-,22-/m1/s1. The third kappa shape index (κ3) is 6.22. The molecule has 2 rings (SSSR count). The summed E-state index contributed by atoms with van der Waals surface area (Å²) in [5.74, 6) is 3.96. The molecule has 0 spiro atoms. The summed E-state index contributed by atoms with van der Waals surface area (Å²) < 4.78 is 56.8. The molecule has 0 fully saturated rings. The number of aromatic nitrogens is 3. The van der Waals surface area contributed by atoms with Crippen LogP contribution in [-0.4, -0.2) is 51.4 Å². The lowest BCUT2D eigenvalue weighted by Crippen LogP contribution is -2.50. The van der Waals surface area contributed by atoms with Crippen LogP contribution in [0.25, 0.3) is 0 Å². The number of hydrogen-bond acceptors (Lipinski definition) is 5. The van der Waals surface area contributed by atoms with Crippen molar-refractivity contribution in [2.45, 2.75) is 45.1 Å². The van der Waals surface area contributed by atoms with Crippen molar-refractivity contribution in [1.29, 1.82) is 0 Å². The molecule has 0 aliphatic carbocycles. The third-order valence-corrected chi connectivity index (χ3v) is 7.13. The molecule has 32 heavy (non-hydrogen) atoms. The second-order valence-electron chi connectivity index (χ2n) is 8.53. The fraction of sp³-hybridized carbons (Fsp3) is 0.455. The van der Waals surface area contributed by atoms with Crippen LogP contribution < -0.4 is 0 Å². The number of allylic oxidation sites excluding steroid dienone is 1. The van der Waals surface area contributed by atoms with Gasteiger partial charge in [-0.25, -0.2) is 31.2 Å². The number of nitrogens with zero attached hydrogens (tertiary/aromatic N) is 4. The van der Waals surface area contributed by atoms with Crippen molar-refractivity contribution in [3.63, 3.8) is 0 Å². The second kappa shape index (κ2) is 9.90. The van der Waals surface area contributed by atoms with Crippen LogP contribution in [0.4, 0.5) is 8.78 Å². The van der Waals surface area contributed by atoms with Crippen molar-refractivity contribution in [3.8, 4) is 11.8 Å². The number of halogens is 2. The molecule has 0 amide bonds. The predicted octanol–water partition coefficient (Wildman–Crippen LogP) is 2.70. The lowest BCUT2D eigenvalue weighted by Gasteiger charge is -2.36. The van der Waals surface area contributed by atoms with Gasteiger partial charge in [-0.15, -0.1) is 0 Å². The zero-order valence-corrected chi connectivity index (χ0v) is 19.6. The summed E-state index contributed by atoms with van der Waals surface area (Å²) in [6, 6.07) is 2.60. The van der Waals surface area contributed by atoms with Crippen LogP contribution in [0.15, 0.2) is 43.0 Å². The summed E-state index contributed by atoms with van der Waals surface area (Å²) in [7, 11) is -2.78. The smallest absolute Gasteiger partial charge is 0.220 e. The van der Waals surface area contributed by atoms with Gasteiger partial charge in [0.15, 0.2) is 0 Å². The first kappa shape index (κ1) is 25.6. The molecule has 2 atom stereocenters. The quantitative estimate of drug-likeness (QED) is 0.605. The lowest BCUT2D eigenvalue weighted by atomic mass is 9.90. The first-order valence-corrected chi connectivity index (χ1v) is 11.4. The molecule has 0 aliphatic heterocycles. The highest BCUT2D eigenvalue weighted by Crippen LogP contribution is 2.34. The minimum absolute atomic E-state index is 0.00317. The molecule has 10 heteroatoms. The van der Waals surface area contributed by atoms with E-state index < -0.39 is 39.1 Å². The van der Waals surface area contributed by atoms with Gasteiger partial charge in [-0.05, 0) is 39.8 Å². The van der Waals surface area contributed by atoms with Gasteiger partial charge >= 0.3 is 0 Å². The summed E-state index contributed by atoms with van der Waals surface area (Å²) in [5, 5.41) is 13.9. The van der Waals surface area contributed by atoms with Crippen molar-refractivity contribution in [1.82, 2.24) is 19.1 Å². The van der Waals surface area contributed by atoms with E-state index in [0.29, 0.717) is 6.07 Å². The maximum atomic E-state index is 14.6. The summed E-state index contributed by atoms with van der Waals surface area (Å²) in [6.07, 6.45) is 5.61. The Hall–Kier alpha value is -2.61. The van der Waals surface area contributed by atoms with E-state index in [-0.39, 0.29) is 17.5 Å². The number of aliphatic hydroxyl groups is 1. The zero-order valence-electron chi connectivity index (χ0n) is 18.7. The molecule has 1 aromatic heterocycles. The Kier molecular flexibility index (Phi) is 7.93. The fourth-order valence-corrected chi connectivity index (χ4v) is 4.50. The topological polar surface area (TPSA) is 88.3 Å². The van der Waals surface area contributed by atoms with E-state index in [4.69, 9.17) is 0 Å². The molecule has 0 saturated heterocycles. The highest BCUT2D eigenvalue weighted by Gasteiger charge is 2.47. The molecule has 2 aromatic rings. The van der Waals surface area contributed by atoms with E-state index in [1.807, 2.05) is 20.8 Å². The van der Waals surface area contributed by atoms with Crippen LogP contribution in [0, 0.1) is 28.9 Å². The Labute approximate surface area is 187 Å². The molecule has 0 unspecified atom stereocenters. The molecule has 174 valence electrons. The molecule has 0 bridgehead atoms. The maximum absolute atomic E-state index is 14.6. The number of sulfonamides is 1. The predicted molar refractivity (Wildman–Crippen MR) is 118 cm³/mol. The Balaban J connectivity index is 2.37. The van der Waals surface area contributed by atoms with Gasteiger partial charge in [0, 0.05) is 30.6 Å². The molecule has 0 saturated carbocycles. The van der Waals surface area contributed by atoms with Gasteiger partial charge in [0.1, 0.15) is 35.1 Å². The number of benzene rings is 1.